The Morgan fingerprint density at radius 2 is 1.70 bits per heavy atom. The van der Waals surface area contributed by atoms with Gasteiger partial charge in [0.25, 0.3) is 0 Å². The number of halogens is 1. The summed E-state index contributed by atoms with van der Waals surface area (Å²) in [6.07, 6.45) is 2.36. The summed E-state index contributed by atoms with van der Waals surface area (Å²) in [5.41, 5.74) is 2.28. The van der Waals surface area contributed by atoms with Crippen molar-refractivity contribution in [2.45, 2.75) is 23.8 Å². The van der Waals surface area contributed by atoms with Gasteiger partial charge in [-0.3, -0.25) is 0 Å². The standard InChI is InChI=1S/C20H26ClN3O2S/c1-23(2)17-11-9-16(10-12-17)19(24-13-5-6-14-24)15-22-27(25,26)20-8-4-3-7-18(20)21/h3-4,7-12,19,22H,5-6,13-15H2,1-2H3/p+1/t19-/m0/s1. The van der Waals surface area contributed by atoms with Gasteiger partial charge in [0.1, 0.15) is 10.9 Å². The van der Waals surface area contributed by atoms with Crippen LogP contribution in [0.15, 0.2) is 53.4 Å². The van der Waals surface area contributed by atoms with Gasteiger partial charge in [0.05, 0.1) is 24.7 Å². The van der Waals surface area contributed by atoms with E-state index in [0.29, 0.717) is 6.54 Å². The predicted molar refractivity (Wildman–Crippen MR) is 110 cm³/mol. The average molecular weight is 409 g/mol. The van der Waals surface area contributed by atoms with E-state index in [1.165, 1.54) is 23.8 Å². The zero-order valence-electron chi connectivity index (χ0n) is 15.8. The molecule has 3 rings (SSSR count). The fourth-order valence-electron chi connectivity index (χ4n) is 3.61. The number of rotatable bonds is 7. The molecule has 1 fully saturated rings. The Labute approximate surface area is 167 Å². The maximum atomic E-state index is 12.7. The maximum absolute atomic E-state index is 12.7. The van der Waals surface area contributed by atoms with Gasteiger partial charge in [-0.1, -0.05) is 35.9 Å². The molecule has 0 radical (unpaired) electrons. The van der Waals surface area contributed by atoms with Crippen molar-refractivity contribution in [2.24, 2.45) is 0 Å². The second kappa shape index (κ2) is 8.61. The molecule has 1 aliphatic heterocycles. The van der Waals surface area contributed by atoms with Crippen LogP contribution in [0.25, 0.3) is 0 Å². The van der Waals surface area contributed by atoms with Crippen molar-refractivity contribution in [1.82, 2.24) is 4.72 Å². The Balaban J connectivity index is 1.81. The summed E-state index contributed by atoms with van der Waals surface area (Å²) in [4.78, 5) is 3.61. The highest BCUT2D eigenvalue weighted by atomic mass is 35.5. The summed E-state index contributed by atoms with van der Waals surface area (Å²) in [7, 11) is 0.371. The van der Waals surface area contributed by atoms with E-state index < -0.39 is 10.0 Å². The Kier molecular flexibility index (Phi) is 6.42. The van der Waals surface area contributed by atoms with Crippen LogP contribution in [0.3, 0.4) is 0 Å². The molecule has 0 amide bonds. The molecule has 1 aliphatic rings. The zero-order chi connectivity index (χ0) is 19.4. The number of nitrogens with one attached hydrogen (secondary N) is 2. The first kappa shape index (κ1) is 20.1. The van der Waals surface area contributed by atoms with E-state index in [2.05, 4.69) is 33.9 Å². The number of likely N-dealkylation sites (tertiary alicyclic amines) is 1. The van der Waals surface area contributed by atoms with Crippen LogP contribution >= 0.6 is 11.6 Å². The van der Waals surface area contributed by atoms with E-state index in [-0.39, 0.29) is 16.0 Å². The van der Waals surface area contributed by atoms with Crippen molar-refractivity contribution < 1.29 is 13.3 Å². The van der Waals surface area contributed by atoms with Crippen LogP contribution in [-0.4, -0.2) is 42.1 Å². The quantitative estimate of drug-likeness (QED) is 0.737. The van der Waals surface area contributed by atoms with Crippen LogP contribution in [0.5, 0.6) is 0 Å². The lowest BCUT2D eigenvalue weighted by Gasteiger charge is -2.26. The van der Waals surface area contributed by atoms with E-state index in [9.17, 15) is 8.42 Å². The second-order valence-electron chi connectivity index (χ2n) is 7.19. The summed E-state index contributed by atoms with van der Waals surface area (Å²) < 4.78 is 28.3. The van der Waals surface area contributed by atoms with Gasteiger partial charge < -0.3 is 9.80 Å². The Bertz CT molecular complexity index is 863. The third-order valence-electron chi connectivity index (χ3n) is 5.15. The SMILES string of the molecule is CN(C)c1ccc([C@H](CNS(=O)(=O)c2ccccc2Cl)[NH+]2CCCC2)cc1. The molecular formula is C20H27ClN3O2S+. The molecule has 1 saturated heterocycles. The Hall–Kier alpha value is -1.60. The Morgan fingerprint density at radius 1 is 1.07 bits per heavy atom. The van der Waals surface area contributed by atoms with E-state index in [1.807, 2.05) is 14.1 Å². The normalized spacial score (nSPS) is 16.4. The highest BCUT2D eigenvalue weighted by molar-refractivity contribution is 7.89. The van der Waals surface area contributed by atoms with E-state index >= 15 is 0 Å². The van der Waals surface area contributed by atoms with Gasteiger partial charge in [-0.25, -0.2) is 13.1 Å². The van der Waals surface area contributed by atoms with E-state index in [0.717, 1.165) is 24.3 Å². The molecule has 2 aromatic rings. The molecule has 2 aromatic carbocycles. The number of nitrogens with zero attached hydrogens (tertiary/aromatic N) is 1. The first-order chi connectivity index (χ1) is 12.9. The molecule has 5 nitrogen and oxygen atoms in total. The molecule has 146 valence electrons. The number of hydrogen-bond acceptors (Lipinski definition) is 3. The first-order valence-corrected chi connectivity index (χ1v) is 11.1. The van der Waals surface area contributed by atoms with Gasteiger partial charge in [0, 0.05) is 38.2 Å². The summed E-state index contributed by atoms with van der Waals surface area (Å²) in [5, 5.41) is 0.241. The van der Waals surface area contributed by atoms with E-state index in [1.54, 1.807) is 18.2 Å². The third kappa shape index (κ3) is 4.82. The van der Waals surface area contributed by atoms with Crippen LogP contribution in [0, 0.1) is 0 Å². The van der Waals surface area contributed by atoms with Crippen molar-refractivity contribution in [3.05, 3.63) is 59.1 Å². The monoisotopic (exact) mass is 408 g/mol. The van der Waals surface area contributed by atoms with Gasteiger partial charge in [0.15, 0.2) is 0 Å². The number of hydrogen-bond donors (Lipinski definition) is 2. The largest absolute Gasteiger partial charge is 0.378 e. The summed E-state index contributed by atoms with van der Waals surface area (Å²) in [6, 6.07) is 15.0. The van der Waals surface area contributed by atoms with Crippen molar-refractivity contribution in [3.8, 4) is 0 Å². The molecule has 1 heterocycles. The van der Waals surface area contributed by atoms with Crippen molar-refractivity contribution >= 4 is 27.3 Å². The maximum Gasteiger partial charge on any atom is 0.242 e. The fourth-order valence-corrected chi connectivity index (χ4v) is 5.18. The molecule has 0 saturated carbocycles. The van der Waals surface area contributed by atoms with Crippen LogP contribution in [-0.2, 0) is 10.0 Å². The predicted octanol–water partition coefficient (Wildman–Crippen LogP) is 2.10. The van der Waals surface area contributed by atoms with Gasteiger partial charge in [0.2, 0.25) is 10.0 Å². The van der Waals surface area contributed by atoms with Crippen molar-refractivity contribution in [1.29, 1.82) is 0 Å². The van der Waals surface area contributed by atoms with Crippen LogP contribution in [0.2, 0.25) is 5.02 Å². The molecule has 7 heteroatoms. The first-order valence-electron chi connectivity index (χ1n) is 9.24. The van der Waals surface area contributed by atoms with Crippen molar-refractivity contribution in [2.75, 3.05) is 38.6 Å². The summed E-state index contributed by atoms with van der Waals surface area (Å²) in [5.74, 6) is 0. The lowest BCUT2D eigenvalue weighted by atomic mass is 10.1. The lowest BCUT2D eigenvalue weighted by molar-refractivity contribution is -0.918. The molecule has 0 aliphatic carbocycles. The van der Waals surface area contributed by atoms with Gasteiger partial charge in [-0.05, 0) is 24.3 Å². The van der Waals surface area contributed by atoms with Gasteiger partial charge in [-0.15, -0.1) is 0 Å². The lowest BCUT2D eigenvalue weighted by Crippen LogP contribution is -3.11. The minimum absolute atomic E-state index is 0.0842. The molecule has 1 atom stereocenters. The minimum Gasteiger partial charge on any atom is -0.378 e. The Morgan fingerprint density at radius 3 is 2.30 bits per heavy atom. The van der Waals surface area contributed by atoms with Crippen LogP contribution in [0.1, 0.15) is 24.4 Å². The van der Waals surface area contributed by atoms with Gasteiger partial charge in [-0.2, -0.15) is 0 Å². The fraction of sp³-hybridized carbons (Fsp3) is 0.400. The molecule has 0 spiro atoms. The molecule has 2 N–H and O–H groups in total. The number of anilines is 1. The molecule has 0 aromatic heterocycles. The average Bonchev–Trinajstić information content (AvgIpc) is 3.17. The second-order valence-corrected chi connectivity index (χ2v) is 9.33. The van der Waals surface area contributed by atoms with Crippen LogP contribution < -0.4 is 14.5 Å². The third-order valence-corrected chi connectivity index (χ3v) is 7.08. The minimum atomic E-state index is -3.65. The highest BCUT2D eigenvalue weighted by Gasteiger charge is 2.29. The number of benzene rings is 2. The van der Waals surface area contributed by atoms with Crippen molar-refractivity contribution in [3.63, 3.8) is 0 Å². The van der Waals surface area contributed by atoms with Crippen LogP contribution in [0.4, 0.5) is 5.69 Å². The zero-order valence-corrected chi connectivity index (χ0v) is 17.4. The molecule has 27 heavy (non-hydrogen) atoms. The number of sulfonamides is 1. The van der Waals surface area contributed by atoms with E-state index in [4.69, 9.17) is 11.6 Å². The highest BCUT2D eigenvalue weighted by Crippen LogP contribution is 2.21. The molecular weight excluding hydrogens is 382 g/mol. The summed E-state index contributed by atoms with van der Waals surface area (Å²) in [6.45, 7) is 2.48. The molecule has 0 bridgehead atoms. The molecule has 0 unspecified atom stereocenters. The smallest absolute Gasteiger partial charge is 0.242 e. The number of quaternary nitrogens is 1. The van der Waals surface area contributed by atoms with Gasteiger partial charge >= 0.3 is 0 Å². The summed E-state index contributed by atoms with van der Waals surface area (Å²) >= 11 is 6.09. The topological polar surface area (TPSA) is 53.9 Å².